The quantitative estimate of drug-likeness (QED) is 0.322. The third-order valence-electron chi connectivity index (χ3n) is 4.84. The summed E-state index contributed by atoms with van der Waals surface area (Å²) in [5.41, 5.74) is 5.05. The van der Waals surface area contributed by atoms with Gasteiger partial charge in [0.05, 0.1) is 6.04 Å². The Bertz CT molecular complexity index is 607. The van der Waals surface area contributed by atoms with Gasteiger partial charge in [-0.25, -0.2) is 4.79 Å². The van der Waals surface area contributed by atoms with Crippen molar-refractivity contribution < 1.29 is 29.0 Å². The van der Waals surface area contributed by atoms with Crippen LogP contribution in [0.25, 0.3) is 0 Å². The number of carbonyl (C=O) groups excluding carboxylic acids is 4. The normalized spacial score (nSPS) is 22.1. The van der Waals surface area contributed by atoms with Gasteiger partial charge in [-0.2, -0.15) is 0 Å². The average Bonchev–Trinajstić information content (AvgIpc) is 3.32. The zero-order valence-electron chi connectivity index (χ0n) is 16.3. The lowest BCUT2D eigenvalue weighted by atomic mass is 9.94. The van der Waals surface area contributed by atoms with E-state index in [2.05, 4.69) is 16.0 Å². The van der Waals surface area contributed by atoms with Crippen LogP contribution in [0, 0.1) is 11.8 Å². The number of nitrogens with one attached hydrogen (secondary N) is 3. The van der Waals surface area contributed by atoms with E-state index >= 15 is 0 Å². The molecule has 0 aromatic heterocycles. The molecule has 1 saturated heterocycles. The Balaban J connectivity index is 2.08. The summed E-state index contributed by atoms with van der Waals surface area (Å²) in [5, 5.41) is 18.5. The van der Waals surface area contributed by atoms with Crippen LogP contribution in [0.15, 0.2) is 0 Å². The SMILES string of the molecule is CC(C)C[C@H](OC(N)=O)C(=O)N[C@@H](CC1CCNC1=O)C(O)C(=O)NC1CC1. The fourth-order valence-corrected chi connectivity index (χ4v) is 3.19. The number of nitrogens with two attached hydrogens (primary N) is 1. The van der Waals surface area contributed by atoms with E-state index < -0.39 is 42.1 Å². The molecule has 0 bridgehead atoms. The molecule has 0 spiro atoms. The first-order valence-electron chi connectivity index (χ1n) is 9.70. The minimum Gasteiger partial charge on any atom is -0.436 e. The van der Waals surface area contributed by atoms with Crippen molar-refractivity contribution in [1.29, 1.82) is 0 Å². The molecule has 4 atom stereocenters. The fourth-order valence-electron chi connectivity index (χ4n) is 3.19. The number of primary amides is 1. The van der Waals surface area contributed by atoms with Gasteiger partial charge in [0, 0.05) is 18.5 Å². The number of hydrogen-bond acceptors (Lipinski definition) is 6. The zero-order chi connectivity index (χ0) is 20.8. The first kappa shape index (κ1) is 21.9. The maximum atomic E-state index is 12.7. The topological polar surface area (TPSA) is 160 Å². The number of ether oxygens (including phenoxy) is 1. The highest BCUT2D eigenvalue weighted by Crippen LogP contribution is 2.21. The molecule has 4 amide bonds. The van der Waals surface area contributed by atoms with Gasteiger partial charge in [0.25, 0.3) is 11.8 Å². The maximum absolute atomic E-state index is 12.7. The summed E-state index contributed by atoms with van der Waals surface area (Å²) in [6.07, 6.45) is -1.17. The second-order valence-electron chi connectivity index (χ2n) is 7.91. The predicted octanol–water partition coefficient (Wildman–Crippen LogP) is -0.853. The van der Waals surface area contributed by atoms with Crippen molar-refractivity contribution in [1.82, 2.24) is 16.0 Å². The molecule has 0 aromatic carbocycles. The minimum atomic E-state index is -1.52. The molecule has 10 nitrogen and oxygen atoms in total. The second kappa shape index (κ2) is 9.72. The summed E-state index contributed by atoms with van der Waals surface area (Å²) in [7, 11) is 0. The van der Waals surface area contributed by atoms with Gasteiger partial charge in [-0.1, -0.05) is 13.8 Å². The van der Waals surface area contributed by atoms with Gasteiger partial charge in [-0.15, -0.1) is 0 Å². The van der Waals surface area contributed by atoms with Crippen LogP contribution in [0.1, 0.15) is 46.0 Å². The van der Waals surface area contributed by atoms with Crippen LogP contribution in [-0.2, 0) is 19.1 Å². The van der Waals surface area contributed by atoms with Gasteiger partial charge in [-0.3, -0.25) is 14.4 Å². The van der Waals surface area contributed by atoms with Crippen molar-refractivity contribution in [3.63, 3.8) is 0 Å². The van der Waals surface area contributed by atoms with Crippen molar-refractivity contribution in [2.24, 2.45) is 17.6 Å². The summed E-state index contributed by atoms with van der Waals surface area (Å²) in [6.45, 7) is 4.21. The van der Waals surface area contributed by atoms with E-state index in [0.29, 0.717) is 13.0 Å². The fraction of sp³-hybridized carbons (Fsp3) is 0.778. The molecule has 28 heavy (non-hydrogen) atoms. The van der Waals surface area contributed by atoms with Crippen molar-refractivity contribution in [2.75, 3.05) is 6.54 Å². The number of hydrogen-bond donors (Lipinski definition) is 5. The van der Waals surface area contributed by atoms with Crippen molar-refractivity contribution >= 4 is 23.8 Å². The van der Waals surface area contributed by atoms with Gasteiger partial charge < -0.3 is 31.5 Å². The van der Waals surface area contributed by atoms with Crippen LogP contribution >= 0.6 is 0 Å². The first-order valence-corrected chi connectivity index (χ1v) is 9.70. The van der Waals surface area contributed by atoms with Crippen molar-refractivity contribution in [3.8, 4) is 0 Å². The molecule has 2 fully saturated rings. The molecule has 1 aliphatic carbocycles. The lowest BCUT2D eigenvalue weighted by Crippen LogP contribution is -2.54. The van der Waals surface area contributed by atoms with E-state index in [4.69, 9.17) is 10.5 Å². The Kier molecular flexibility index (Phi) is 7.61. The van der Waals surface area contributed by atoms with Crippen molar-refractivity contribution in [3.05, 3.63) is 0 Å². The smallest absolute Gasteiger partial charge is 0.405 e. The Hall–Kier alpha value is -2.36. The maximum Gasteiger partial charge on any atom is 0.405 e. The third kappa shape index (κ3) is 6.66. The monoisotopic (exact) mass is 398 g/mol. The van der Waals surface area contributed by atoms with Crippen LogP contribution in [0.5, 0.6) is 0 Å². The number of aliphatic hydroxyl groups is 1. The lowest BCUT2D eigenvalue weighted by molar-refractivity contribution is -0.136. The largest absolute Gasteiger partial charge is 0.436 e. The van der Waals surface area contributed by atoms with Crippen LogP contribution in [0.2, 0.25) is 0 Å². The van der Waals surface area contributed by atoms with E-state index in [1.54, 1.807) is 0 Å². The Morgan fingerprint density at radius 2 is 1.93 bits per heavy atom. The molecule has 2 unspecified atom stereocenters. The lowest BCUT2D eigenvalue weighted by Gasteiger charge is -2.27. The molecule has 1 saturated carbocycles. The van der Waals surface area contributed by atoms with E-state index in [-0.39, 0.29) is 30.7 Å². The second-order valence-corrected chi connectivity index (χ2v) is 7.91. The molecule has 1 aliphatic heterocycles. The highest BCUT2D eigenvalue weighted by molar-refractivity contribution is 5.86. The molecule has 0 radical (unpaired) electrons. The Labute approximate surface area is 163 Å². The van der Waals surface area contributed by atoms with E-state index in [0.717, 1.165) is 12.8 Å². The minimum absolute atomic E-state index is 0.0391. The Morgan fingerprint density at radius 1 is 1.25 bits per heavy atom. The molecule has 1 heterocycles. The summed E-state index contributed by atoms with van der Waals surface area (Å²) in [6, 6.07) is -0.952. The van der Waals surface area contributed by atoms with E-state index in [9.17, 15) is 24.3 Å². The Morgan fingerprint density at radius 3 is 2.43 bits per heavy atom. The predicted molar refractivity (Wildman–Crippen MR) is 98.7 cm³/mol. The number of carbonyl (C=O) groups is 4. The van der Waals surface area contributed by atoms with Gasteiger partial charge in [0.2, 0.25) is 5.91 Å². The van der Waals surface area contributed by atoms with Gasteiger partial charge in [0.15, 0.2) is 12.2 Å². The highest BCUT2D eigenvalue weighted by atomic mass is 16.6. The number of aliphatic hydroxyl groups excluding tert-OH is 1. The van der Waals surface area contributed by atoms with Crippen molar-refractivity contribution in [2.45, 2.75) is 70.2 Å². The molecule has 6 N–H and O–H groups in total. The summed E-state index contributed by atoms with van der Waals surface area (Å²) >= 11 is 0. The molecule has 2 rings (SSSR count). The third-order valence-corrected chi connectivity index (χ3v) is 4.84. The molecular weight excluding hydrogens is 368 g/mol. The summed E-state index contributed by atoms with van der Waals surface area (Å²) in [4.78, 5) is 48.0. The van der Waals surface area contributed by atoms with Gasteiger partial charge in [0.1, 0.15) is 0 Å². The van der Waals surface area contributed by atoms with E-state index in [1.807, 2.05) is 13.8 Å². The molecule has 158 valence electrons. The zero-order valence-corrected chi connectivity index (χ0v) is 16.3. The van der Waals surface area contributed by atoms with Crippen LogP contribution in [0.4, 0.5) is 4.79 Å². The average molecular weight is 398 g/mol. The highest BCUT2D eigenvalue weighted by Gasteiger charge is 2.37. The molecule has 10 heteroatoms. The summed E-state index contributed by atoms with van der Waals surface area (Å²) in [5.74, 6) is -1.82. The standard InChI is InChI=1S/C18H30N4O6/c1-9(2)7-13(28-18(19)27)16(25)22-12(8-10-5-6-20-15(10)24)14(23)17(26)21-11-3-4-11/h9-14,23H,3-8H2,1-2H3,(H2,19,27)(H,20,24)(H,21,26)(H,22,25)/t10?,12-,13-,14?/m0/s1. The van der Waals surface area contributed by atoms with Gasteiger partial charge >= 0.3 is 6.09 Å². The van der Waals surface area contributed by atoms with Crippen LogP contribution < -0.4 is 21.7 Å². The van der Waals surface area contributed by atoms with Crippen LogP contribution in [-0.4, -0.2) is 59.8 Å². The van der Waals surface area contributed by atoms with Crippen LogP contribution in [0.3, 0.4) is 0 Å². The van der Waals surface area contributed by atoms with Gasteiger partial charge in [-0.05, 0) is 38.0 Å². The number of rotatable bonds is 10. The molecule has 2 aliphatic rings. The number of amides is 4. The van der Waals surface area contributed by atoms with E-state index in [1.165, 1.54) is 0 Å². The molecule has 0 aromatic rings. The summed E-state index contributed by atoms with van der Waals surface area (Å²) < 4.78 is 4.90. The molecular formula is C18H30N4O6. The first-order chi connectivity index (χ1) is 13.2.